The molecule has 230 valence electrons. The van der Waals surface area contributed by atoms with Crippen molar-refractivity contribution < 1.29 is 37.3 Å². The monoisotopic (exact) mass is 609 g/mol. The zero-order valence-electron chi connectivity index (χ0n) is 23.9. The molecule has 1 aliphatic rings. The number of nitriles is 1. The van der Waals surface area contributed by atoms with Crippen LogP contribution in [0.15, 0.2) is 48.5 Å². The standard InChI is InChI=1S/C31H30F3N5O5/c1-42-12-11-39-25-14-22(30(40)41)15-26(44-31(33)34)29(25)37-27(39)17-38-9-7-20(8-10-38)24-3-2-4-28(36-24)43-18-21-6-5-19(16-35)13-23(21)32/h2-6,13-15,20,31H,7-12,17-18H2,1H3,(H,40,41). The third-order valence-electron chi connectivity index (χ3n) is 7.55. The first-order chi connectivity index (χ1) is 21.2. The van der Waals surface area contributed by atoms with E-state index >= 15 is 0 Å². The van der Waals surface area contributed by atoms with Gasteiger partial charge in [-0.05, 0) is 56.3 Å². The van der Waals surface area contributed by atoms with E-state index in [1.165, 1.54) is 31.4 Å². The van der Waals surface area contributed by atoms with Crippen LogP contribution >= 0.6 is 0 Å². The molecule has 0 amide bonds. The number of aromatic nitrogens is 3. The molecule has 13 heteroatoms. The van der Waals surface area contributed by atoms with Gasteiger partial charge in [0, 0.05) is 36.9 Å². The molecule has 3 heterocycles. The molecule has 0 spiro atoms. The van der Waals surface area contributed by atoms with Crippen LogP contribution in [0.2, 0.25) is 0 Å². The fourth-order valence-electron chi connectivity index (χ4n) is 5.31. The summed E-state index contributed by atoms with van der Waals surface area (Å²) < 4.78 is 58.0. The van der Waals surface area contributed by atoms with E-state index in [0.717, 1.165) is 24.6 Å². The zero-order valence-corrected chi connectivity index (χ0v) is 23.9. The minimum Gasteiger partial charge on any atom is -0.478 e. The van der Waals surface area contributed by atoms with Crippen molar-refractivity contribution in [2.24, 2.45) is 0 Å². The van der Waals surface area contributed by atoms with E-state index in [1.807, 2.05) is 18.2 Å². The van der Waals surface area contributed by atoms with Gasteiger partial charge in [0.15, 0.2) is 5.75 Å². The molecule has 4 aromatic rings. The van der Waals surface area contributed by atoms with Gasteiger partial charge < -0.3 is 23.9 Å². The maximum atomic E-state index is 14.2. The molecule has 0 unspecified atom stereocenters. The summed E-state index contributed by atoms with van der Waals surface area (Å²) in [6.07, 6.45) is 1.59. The van der Waals surface area contributed by atoms with Gasteiger partial charge in [0.1, 0.15) is 23.8 Å². The number of halogens is 3. The average Bonchev–Trinajstić information content (AvgIpc) is 3.36. The molecular formula is C31H30F3N5O5. The predicted octanol–water partition coefficient (Wildman–Crippen LogP) is 5.35. The van der Waals surface area contributed by atoms with E-state index in [2.05, 4.69) is 19.6 Å². The molecule has 0 atom stereocenters. The molecule has 0 radical (unpaired) electrons. The number of carbonyl (C=O) groups is 1. The number of rotatable bonds is 12. The molecule has 2 aromatic heterocycles. The van der Waals surface area contributed by atoms with Crippen LogP contribution in [0, 0.1) is 17.1 Å². The Morgan fingerprint density at radius 1 is 1.16 bits per heavy atom. The first kappa shape index (κ1) is 30.8. The van der Waals surface area contributed by atoms with Gasteiger partial charge in [-0.25, -0.2) is 19.2 Å². The van der Waals surface area contributed by atoms with Crippen LogP contribution < -0.4 is 9.47 Å². The van der Waals surface area contributed by atoms with Crippen molar-refractivity contribution in [2.45, 2.75) is 45.1 Å². The topological polar surface area (TPSA) is 123 Å². The Morgan fingerprint density at radius 3 is 2.64 bits per heavy atom. The summed E-state index contributed by atoms with van der Waals surface area (Å²) in [6, 6.07) is 14.1. The lowest BCUT2D eigenvalue weighted by Crippen LogP contribution is -2.33. The maximum absolute atomic E-state index is 14.2. The summed E-state index contributed by atoms with van der Waals surface area (Å²) in [7, 11) is 1.54. The fourth-order valence-corrected chi connectivity index (χ4v) is 5.31. The third kappa shape index (κ3) is 7.10. The minimum atomic E-state index is -3.14. The van der Waals surface area contributed by atoms with Crippen molar-refractivity contribution in [1.82, 2.24) is 19.4 Å². The Morgan fingerprint density at radius 2 is 1.95 bits per heavy atom. The van der Waals surface area contributed by atoms with E-state index < -0.39 is 18.4 Å². The Labute approximate surface area is 251 Å². The number of fused-ring (bicyclic) bond motifs is 1. The molecule has 44 heavy (non-hydrogen) atoms. The number of likely N-dealkylation sites (tertiary alicyclic amines) is 1. The second-order valence-electron chi connectivity index (χ2n) is 10.4. The Bertz CT molecular complexity index is 1680. The van der Waals surface area contributed by atoms with Crippen molar-refractivity contribution in [2.75, 3.05) is 26.8 Å². The SMILES string of the molecule is COCCn1c(CN2CCC(c3cccc(OCc4ccc(C#N)cc4F)n3)CC2)nc2c(OC(F)F)cc(C(=O)O)cc21. The quantitative estimate of drug-likeness (QED) is 0.227. The highest BCUT2D eigenvalue weighted by molar-refractivity contribution is 5.95. The molecule has 0 saturated carbocycles. The highest BCUT2D eigenvalue weighted by Gasteiger charge is 2.25. The van der Waals surface area contributed by atoms with Gasteiger partial charge in [-0.1, -0.05) is 12.1 Å². The van der Waals surface area contributed by atoms with Crippen molar-refractivity contribution >= 4 is 17.0 Å². The number of imidazole rings is 1. The Balaban J connectivity index is 1.28. The number of pyridine rings is 1. The van der Waals surface area contributed by atoms with E-state index in [9.17, 15) is 23.1 Å². The number of nitrogens with zero attached hydrogens (tertiary/aromatic N) is 5. The lowest BCUT2D eigenvalue weighted by atomic mass is 9.93. The zero-order chi connectivity index (χ0) is 31.2. The van der Waals surface area contributed by atoms with Crippen LogP contribution in [0.1, 0.15) is 51.8 Å². The predicted molar refractivity (Wildman–Crippen MR) is 152 cm³/mol. The summed E-state index contributed by atoms with van der Waals surface area (Å²) >= 11 is 0. The van der Waals surface area contributed by atoms with Crippen LogP contribution in [-0.2, 0) is 24.4 Å². The number of alkyl halides is 2. The second kappa shape index (κ2) is 13.7. The summed E-state index contributed by atoms with van der Waals surface area (Å²) in [5.74, 6) is -0.940. The lowest BCUT2D eigenvalue weighted by Gasteiger charge is -2.31. The van der Waals surface area contributed by atoms with Gasteiger partial charge in [-0.2, -0.15) is 14.0 Å². The number of piperidine rings is 1. The average molecular weight is 610 g/mol. The number of benzene rings is 2. The number of carboxylic acid groups (broad SMARTS) is 1. The van der Waals surface area contributed by atoms with E-state index in [1.54, 1.807) is 10.6 Å². The Kier molecular flexibility index (Phi) is 9.62. The van der Waals surface area contributed by atoms with Gasteiger partial charge in [0.05, 0.1) is 35.9 Å². The molecular weight excluding hydrogens is 579 g/mol. The molecule has 0 bridgehead atoms. The number of methoxy groups -OCH3 is 1. The number of hydrogen-bond acceptors (Lipinski definition) is 8. The van der Waals surface area contributed by atoms with Gasteiger partial charge >= 0.3 is 12.6 Å². The van der Waals surface area contributed by atoms with Crippen molar-refractivity contribution in [1.29, 1.82) is 5.26 Å². The van der Waals surface area contributed by atoms with E-state index in [-0.39, 0.29) is 34.9 Å². The highest BCUT2D eigenvalue weighted by atomic mass is 19.3. The molecule has 10 nitrogen and oxygen atoms in total. The van der Waals surface area contributed by atoms with Gasteiger partial charge in [-0.3, -0.25) is 4.90 Å². The van der Waals surface area contributed by atoms with E-state index in [4.69, 9.17) is 14.7 Å². The minimum absolute atomic E-state index is 0.0193. The molecule has 1 saturated heterocycles. The van der Waals surface area contributed by atoms with Gasteiger partial charge in [0.2, 0.25) is 5.88 Å². The summed E-state index contributed by atoms with van der Waals surface area (Å²) in [5.41, 5.74) is 1.79. The molecule has 1 aliphatic heterocycles. The third-order valence-corrected chi connectivity index (χ3v) is 7.55. The van der Waals surface area contributed by atoms with Crippen LogP contribution in [0.3, 0.4) is 0 Å². The highest BCUT2D eigenvalue weighted by Crippen LogP contribution is 2.32. The second-order valence-corrected chi connectivity index (χ2v) is 10.4. The first-order valence-electron chi connectivity index (χ1n) is 14.0. The normalized spacial score (nSPS) is 14.2. The molecule has 0 aliphatic carbocycles. The largest absolute Gasteiger partial charge is 0.478 e. The summed E-state index contributed by atoms with van der Waals surface area (Å²) in [5, 5.41) is 18.5. The van der Waals surface area contributed by atoms with Crippen LogP contribution in [0.25, 0.3) is 11.0 Å². The molecule has 5 rings (SSSR count). The lowest BCUT2D eigenvalue weighted by molar-refractivity contribution is -0.0489. The summed E-state index contributed by atoms with van der Waals surface area (Å²) in [4.78, 5) is 23.1. The van der Waals surface area contributed by atoms with Crippen LogP contribution in [0.4, 0.5) is 13.2 Å². The summed E-state index contributed by atoms with van der Waals surface area (Å²) in [6.45, 7) is -0.666. The van der Waals surface area contributed by atoms with Gasteiger partial charge in [0.25, 0.3) is 0 Å². The number of hydrogen-bond donors (Lipinski definition) is 1. The number of ether oxygens (including phenoxy) is 3. The van der Waals surface area contributed by atoms with Crippen LogP contribution in [0.5, 0.6) is 11.6 Å². The number of carboxylic acids is 1. The van der Waals surface area contributed by atoms with Crippen molar-refractivity contribution in [3.8, 4) is 17.7 Å². The number of aromatic carboxylic acids is 1. The smallest absolute Gasteiger partial charge is 0.387 e. The van der Waals surface area contributed by atoms with Gasteiger partial charge in [-0.15, -0.1) is 0 Å². The molecule has 1 fully saturated rings. The Hall–Kier alpha value is -4.67. The van der Waals surface area contributed by atoms with E-state index in [0.29, 0.717) is 55.6 Å². The van der Waals surface area contributed by atoms with Crippen LogP contribution in [-0.4, -0.2) is 63.9 Å². The van der Waals surface area contributed by atoms with Crippen molar-refractivity contribution in [3.05, 3.63) is 82.6 Å². The molecule has 1 N–H and O–H groups in total. The fraction of sp³-hybridized carbons (Fsp3) is 0.355. The molecule has 2 aromatic carbocycles. The van der Waals surface area contributed by atoms with Crippen molar-refractivity contribution in [3.63, 3.8) is 0 Å². The first-order valence-corrected chi connectivity index (χ1v) is 14.0. The maximum Gasteiger partial charge on any atom is 0.387 e.